The van der Waals surface area contributed by atoms with E-state index >= 15 is 0 Å². The highest BCUT2D eigenvalue weighted by Crippen LogP contribution is 2.42. The van der Waals surface area contributed by atoms with Gasteiger partial charge in [-0.2, -0.15) is 4.98 Å². The molecule has 1 fully saturated rings. The number of rotatable bonds is 5. The molecule has 3 N–H and O–H groups in total. The van der Waals surface area contributed by atoms with E-state index in [1.165, 1.54) is 0 Å². The number of fused-ring (bicyclic) bond motifs is 1. The smallest absolute Gasteiger partial charge is 0.215 e. The number of methoxy groups -OCH3 is 1. The minimum Gasteiger partial charge on any atom is -0.481 e. The van der Waals surface area contributed by atoms with Crippen LogP contribution >= 0.6 is 0 Å². The molecule has 1 saturated carbocycles. The lowest BCUT2D eigenvalue weighted by atomic mass is 9.75. The Morgan fingerprint density at radius 2 is 1.97 bits per heavy atom. The number of hydrogen-bond donors (Lipinski definition) is 2. The molecule has 0 aliphatic heterocycles. The van der Waals surface area contributed by atoms with E-state index in [4.69, 9.17) is 10.5 Å². The van der Waals surface area contributed by atoms with Gasteiger partial charge in [0.2, 0.25) is 5.88 Å². The van der Waals surface area contributed by atoms with Gasteiger partial charge in [0, 0.05) is 17.7 Å². The van der Waals surface area contributed by atoms with Gasteiger partial charge in [-0.15, -0.1) is 0 Å². The number of aromatic nitrogens is 3. The zero-order chi connectivity index (χ0) is 20.7. The summed E-state index contributed by atoms with van der Waals surface area (Å²) in [5.41, 5.74) is 8.91. The molecule has 1 aromatic carbocycles. The highest BCUT2D eigenvalue weighted by Gasteiger charge is 2.31. The molecule has 29 heavy (non-hydrogen) atoms. The molecule has 0 unspecified atom stereocenters. The number of anilines is 1. The Labute approximate surface area is 169 Å². The summed E-state index contributed by atoms with van der Waals surface area (Å²) in [5.74, 6) is 1.88. The van der Waals surface area contributed by atoms with E-state index in [0.717, 1.165) is 23.8 Å². The van der Waals surface area contributed by atoms with E-state index in [1.807, 2.05) is 26.0 Å². The minimum atomic E-state index is -0.272. The molecular weight excluding hydrogens is 369 g/mol. The first-order valence-electron chi connectivity index (χ1n) is 9.87. The average Bonchev–Trinajstić information content (AvgIpc) is 2.66. The lowest BCUT2D eigenvalue weighted by Gasteiger charge is -2.34. The van der Waals surface area contributed by atoms with E-state index in [1.54, 1.807) is 26.2 Å². The molecule has 3 aromatic rings. The second kappa shape index (κ2) is 7.55. The lowest BCUT2D eigenvalue weighted by Crippen LogP contribution is -2.35. The molecule has 1 aliphatic carbocycles. The van der Waals surface area contributed by atoms with Crippen molar-refractivity contribution >= 4 is 16.9 Å². The molecule has 1 aliphatic rings. The van der Waals surface area contributed by atoms with E-state index < -0.39 is 0 Å². The first kappa shape index (κ1) is 19.5. The first-order valence-corrected chi connectivity index (χ1v) is 9.87. The van der Waals surface area contributed by atoms with Gasteiger partial charge in [-0.25, -0.2) is 14.4 Å². The molecule has 152 valence electrons. The Bertz CT molecular complexity index is 1060. The van der Waals surface area contributed by atoms with E-state index in [9.17, 15) is 4.39 Å². The molecule has 2 aromatic heterocycles. The van der Waals surface area contributed by atoms with E-state index in [0.29, 0.717) is 40.2 Å². The second-order valence-corrected chi connectivity index (χ2v) is 7.84. The van der Waals surface area contributed by atoms with Crippen LogP contribution in [0.2, 0.25) is 0 Å². The van der Waals surface area contributed by atoms with Gasteiger partial charge in [-0.3, -0.25) is 0 Å². The monoisotopic (exact) mass is 395 g/mol. The van der Waals surface area contributed by atoms with Crippen molar-refractivity contribution < 1.29 is 9.13 Å². The normalized spacial score (nSPS) is 19.7. The van der Waals surface area contributed by atoms with Crippen LogP contribution in [0.3, 0.4) is 0 Å². The lowest BCUT2D eigenvalue weighted by molar-refractivity contribution is 0.350. The molecule has 0 saturated heterocycles. The Hall–Kier alpha value is -2.80. The number of halogens is 1. The molecular formula is C22H26FN5O. The van der Waals surface area contributed by atoms with Crippen molar-refractivity contribution in [3.8, 4) is 5.88 Å². The van der Waals surface area contributed by atoms with Gasteiger partial charge in [-0.1, -0.05) is 18.2 Å². The number of pyridine rings is 1. The zero-order valence-electron chi connectivity index (χ0n) is 17.2. The van der Waals surface area contributed by atoms with Gasteiger partial charge in [0.05, 0.1) is 18.5 Å². The van der Waals surface area contributed by atoms with E-state index in [-0.39, 0.29) is 17.9 Å². The third-order valence-electron chi connectivity index (χ3n) is 5.65. The summed E-state index contributed by atoms with van der Waals surface area (Å²) in [6.07, 6.45) is 1.80. The number of ether oxygens (including phenoxy) is 1. The van der Waals surface area contributed by atoms with E-state index in [2.05, 4.69) is 20.3 Å². The number of hydrogen-bond acceptors (Lipinski definition) is 6. The third kappa shape index (κ3) is 3.62. The Morgan fingerprint density at radius 3 is 2.66 bits per heavy atom. The van der Waals surface area contributed by atoms with Crippen LogP contribution in [0.15, 0.2) is 24.3 Å². The van der Waals surface area contributed by atoms with Gasteiger partial charge in [-0.05, 0) is 50.7 Å². The van der Waals surface area contributed by atoms with Crippen LogP contribution in [-0.4, -0.2) is 28.1 Å². The van der Waals surface area contributed by atoms with Crippen molar-refractivity contribution in [2.24, 2.45) is 5.73 Å². The summed E-state index contributed by atoms with van der Waals surface area (Å²) in [6.45, 7) is 5.52. The number of nitrogens with two attached hydrogens (primary N) is 1. The highest BCUT2D eigenvalue weighted by atomic mass is 19.1. The largest absolute Gasteiger partial charge is 0.481 e. The Morgan fingerprint density at radius 1 is 1.21 bits per heavy atom. The maximum Gasteiger partial charge on any atom is 0.215 e. The molecule has 4 rings (SSSR count). The van der Waals surface area contributed by atoms with Crippen molar-refractivity contribution in [2.45, 2.75) is 51.6 Å². The van der Waals surface area contributed by atoms with Crippen molar-refractivity contribution in [1.82, 2.24) is 15.0 Å². The zero-order valence-corrected chi connectivity index (χ0v) is 17.2. The standard InChI is InChI=1S/C22H26FN5O/c1-11-6-5-7-16(20(11)23)12(2)25-21-19-17(14-8-15(24)9-14)10-18(29-4)28-22(19)27-13(3)26-21/h5-7,10,12,14-15H,8-9,24H2,1-4H3,(H,25,26,27,28)/t12-,14?,15?/m1/s1. The number of nitrogens with zero attached hydrogens (tertiary/aromatic N) is 3. The topological polar surface area (TPSA) is 86.0 Å². The predicted molar refractivity (Wildman–Crippen MR) is 112 cm³/mol. The average molecular weight is 395 g/mol. The summed E-state index contributed by atoms with van der Waals surface area (Å²) < 4.78 is 20.0. The fraction of sp³-hybridized carbons (Fsp3) is 0.409. The SMILES string of the molecule is COc1cc(C2CC(N)C2)c2c(N[C@H](C)c3cccc(C)c3F)nc(C)nc2n1. The maximum absolute atomic E-state index is 14.6. The van der Waals surface area contributed by atoms with Gasteiger partial charge >= 0.3 is 0 Å². The van der Waals surface area contributed by atoms with Gasteiger partial charge in [0.15, 0.2) is 5.65 Å². The van der Waals surface area contributed by atoms with Crippen LogP contribution in [-0.2, 0) is 0 Å². The Balaban J connectivity index is 1.82. The van der Waals surface area contributed by atoms with Crippen molar-refractivity contribution in [3.63, 3.8) is 0 Å². The summed E-state index contributed by atoms with van der Waals surface area (Å²) in [6, 6.07) is 7.31. The van der Waals surface area contributed by atoms with Crippen molar-refractivity contribution in [2.75, 3.05) is 12.4 Å². The number of nitrogens with one attached hydrogen (secondary N) is 1. The Kier molecular flexibility index (Phi) is 5.08. The van der Waals surface area contributed by atoms with Crippen LogP contribution in [0.4, 0.5) is 10.2 Å². The van der Waals surface area contributed by atoms with Crippen molar-refractivity contribution in [1.29, 1.82) is 0 Å². The van der Waals surface area contributed by atoms with Crippen LogP contribution in [0.1, 0.15) is 54.2 Å². The number of benzene rings is 1. The summed E-state index contributed by atoms with van der Waals surface area (Å²) in [4.78, 5) is 13.7. The van der Waals surface area contributed by atoms with Crippen LogP contribution in [0.5, 0.6) is 5.88 Å². The quantitative estimate of drug-likeness (QED) is 0.674. The fourth-order valence-corrected chi connectivity index (χ4v) is 3.98. The van der Waals surface area contributed by atoms with Crippen LogP contribution in [0, 0.1) is 19.7 Å². The summed E-state index contributed by atoms with van der Waals surface area (Å²) >= 11 is 0. The van der Waals surface area contributed by atoms with Gasteiger partial charge in [0.1, 0.15) is 17.5 Å². The molecule has 0 bridgehead atoms. The molecule has 1 atom stereocenters. The van der Waals surface area contributed by atoms with Crippen LogP contribution in [0.25, 0.3) is 11.0 Å². The molecule has 2 heterocycles. The molecule has 0 radical (unpaired) electrons. The number of aryl methyl sites for hydroxylation is 2. The highest BCUT2D eigenvalue weighted by molar-refractivity contribution is 5.91. The van der Waals surface area contributed by atoms with Gasteiger partial charge < -0.3 is 15.8 Å². The second-order valence-electron chi connectivity index (χ2n) is 7.84. The van der Waals surface area contributed by atoms with Crippen molar-refractivity contribution in [3.05, 3.63) is 52.6 Å². The predicted octanol–water partition coefficient (Wildman–Crippen LogP) is 4.17. The maximum atomic E-state index is 14.6. The summed E-state index contributed by atoms with van der Waals surface area (Å²) in [5, 5.41) is 4.25. The first-order chi connectivity index (χ1) is 13.9. The fourth-order valence-electron chi connectivity index (χ4n) is 3.98. The molecule has 7 heteroatoms. The van der Waals surface area contributed by atoms with Gasteiger partial charge in [0.25, 0.3) is 0 Å². The summed E-state index contributed by atoms with van der Waals surface area (Å²) in [7, 11) is 1.60. The molecule has 6 nitrogen and oxygen atoms in total. The molecule has 0 spiro atoms. The minimum absolute atomic E-state index is 0.201. The van der Waals surface area contributed by atoms with Crippen LogP contribution < -0.4 is 15.8 Å². The third-order valence-corrected chi connectivity index (χ3v) is 5.65. The molecule has 0 amide bonds.